The van der Waals surface area contributed by atoms with Crippen LogP contribution < -0.4 is 20.4 Å². The molecule has 0 saturated carbocycles. The molecule has 1 aromatic carbocycles. The molecule has 97 heavy (non-hydrogen) atoms. The van der Waals surface area contributed by atoms with Crippen LogP contribution in [0, 0.1) is 40.8 Å². The van der Waals surface area contributed by atoms with Crippen LogP contribution in [0.1, 0.15) is 132 Å². The number of β-lactam (4-membered cyclic amide) rings is 1. The highest BCUT2D eigenvalue weighted by atomic mass is 32.2. The zero-order valence-corrected chi connectivity index (χ0v) is 59.4. The monoisotopic (exact) mass is 1390 g/mol. The summed E-state index contributed by atoms with van der Waals surface area (Å²) in [5.74, 6) is -7.81. The molecular weight excluding hydrogens is 1290 g/mol. The smallest absolute Gasteiger partial charge is 0.353 e. The van der Waals surface area contributed by atoms with E-state index in [0.29, 0.717) is 60.1 Å². The lowest BCUT2D eigenvalue weighted by molar-refractivity contribution is -0.318. The van der Waals surface area contributed by atoms with Gasteiger partial charge in [-0.3, -0.25) is 24.6 Å². The summed E-state index contributed by atoms with van der Waals surface area (Å²) in [6.45, 7) is 23.5. The van der Waals surface area contributed by atoms with Crippen LogP contribution in [0.3, 0.4) is 0 Å². The van der Waals surface area contributed by atoms with Crippen LogP contribution in [0.5, 0.6) is 5.75 Å². The van der Waals surface area contributed by atoms with Crippen molar-refractivity contribution < 1.29 is 102 Å². The molecule has 9 rings (SSSR count). The fourth-order valence-electron chi connectivity index (χ4n) is 14.8. The first kappa shape index (κ1) is 78.9. The number of carboxylic acid groups (broad SMARTS) is 2. The number of benzene rings is 1. The molecule has 10 N–H and O–H groups in total. The summed E-state index contributed by atoms with van der Waals surface area (Å²) in [6.07, 6.45) is -7.56. The van der Waals surface area contributed by atoms with E-state index in [9.17, 15) is 74.0 Å². The van der Waals surface area contributed by atoms with E-state index in [2.05, 4.69) is 10.2 Å². The number of aromatic carboxylic acids is 1. The minimum Gasteiger partial charge on any atom is -0.487 e. The van der Waals surface area contributed by atoms with Crippen LogP contribution in [0.25, 0.3) is 10.9 Å². The third-order valence-corrected chi connectivity index (χ3v) is 21.6. The molecule has 1 aromatic heterocycles. The normalized spacial score (nSPS) is 37.0. The number of aliphatic hydroxyl groups excluding tert-OH is 4. The Morgan fingerprint density at radius 1 is 0.938 bits per heavy atom. The van der Waals surface area contributed by atoms with Crippen molar-refractivity contribution in [3.05, 3.63) is 44.5 Å². The van der Waals surface area contributed by atoms with Gasteiger partial charge in [-0.15, -0.1) is 11.8 Å². The Hall–Kier alpha value is -5.45. The molecule has 28 nitrogen and oxygen atoms in total. The largest absolute Gasteiger partial charge is 0.487 e. The van der Waals surface area contributed by atoms with Gasteiger partial charge in [-0.1, -0.05) is 27.7 Å². The lowest BCUT2D eigenvalue weighted by atomic mass is 9.74. The van der Waals surface area contributed by atoms with E-state index in [0.717, 1.165) is 25.5 Å². The molecule has 8 heterocycles. The van der Waals surface area contributed by atoms with Gasteiger partial charge in [0.1, 0.15) is 53.3 Å². The Bertz CT molecular complexity index is 3260. The number of likely N-dealkylation sites (N-methyl/N-ethyl adjacent to an activating group) is 2. The summed E-state index contributed by atoms with van der Waals surface area (Å²) in [5, 5.41) is 95.4. The summed E-state index contributed by atoms with van der Waals surface area (Å²) in [6, 6.07) is 0.441. The predicted octanol–water partition coefficient (Wildman–Crippen LogP) is 3.15. The molecule has 7 aliphatic rings. The zero-order chi connectivity index (χ0) is 72.4. The number of pyridine rings is 1. The first-order chi connectivity index (χ1) is 45.3. The number of nitrogens with zero attached hydrogens (tertiary/aromatic N) is 5. The van der Waals surface area contributed by atoms with Gasteiger partial charge in [-0.05, 0) is 102 Å². The number of ether oxygens (including phenoxy) is 7. The Morgan fingerprint density at radius 2 is 1.59 bits per heavy atom. The second-order valence-electron chi connectivity index (χ2n) is 28.2. The Kier molecular flexibility index (Phi) is 26.1. The molecule has 2 aromatic rings. The van der Waals surface area contributed by atoms with Gasteiger partial charge in [0, 0.05) is 93.3 Å². The van der Waals surface area contributed by atoms with Crippen LogP contribution in [-0.4, -0.2) is 266 Å². The standard InChI is InChI=1S/C37H67NO13.C18H20FN3O4.C12H17N3O4S/c1-14-25-37(10,45)30(41)20(4)27(39)18(2)16-35(8,44)32(51-34-28(40)24(38(11)12)15-19(3)47-34)21(5)29(22(6)33(43)49-25)50-26-17-36(9,46-13)31(42)23(7)48-26;1-10-9-26-17-14-11(16(23)12(18(24)25)8-22(10)14)7-13(19)15(17)21-5-3-20(2)4-6-21;1-6(16)9-7-4-8(20-3-2-14-5-13)10(12(18)19)15(7)11(9)17/h18-26,28-32,34,40-42,44-45H,14-17H2,1-13H3;7-8,10H,3-6,9H2,1-2H3,(H,24,25);5-7,9,16H,2-4H2,1H3,(H2,13,14)(H,18,19)/t18-,19-,20+,21-,22-,23+,24+,25-,26+,28-,29+,30+,31+,32-,34+,35-,36-,37-;10-;6-,7-,9+/m101/s1. The zero-order valence-electron chi connectivity index (χ0n) is 58.6. The number of cyclic esters (lactones) is 1. The van der Waals surface area contributed by atoms with Crippen molar-refractivity contribution in [3.63, 3.8) is 0 Å². The van der Waals surface area contributed by atoms with E-state index in [-0.39, 0.29) is 72.7 Å². The summed E-state index contributed by atoms with van der Waals surface area (Å²) in [7, 11) is 7.19. The van der Waals surface area contributed by atoms with E-state index >= 15 is 0 Å². The number of hydrogen-bond donors (Lipinski definition) is 10. The number of thioether (sulfide) groups is 1. The topological polar surface area (TPSA) is 383 Å². The number of fused-ring (bicyclic) bond motifs is 1. The van der Waals surface area contributed by atoms with Gasteiger partial charge in [0.25, 0.3) is 0 Å². The fourth-order valence-corrected chi connectivity index (χ4v) is 15.8. The van der Waals surface area contributed by atoms with Gasteiger partial charge in [0.15, 0.2) is 24.1 Å². The van der Waals surface area contributed by atoms with Crippen molar-refractivity contribution in [2.75, 3.05) is 78.2 Å². The first-order valence-corrected chi connectivity index (χ1v) is 34.4. The van der Waals surface area contributed by atoms with Crippen molar-refractivity contribution in [2.45, 2.75) is 218 Å². The summed E-state index contributed by atoms with van der Waals surface area (Å²) >= 11 is 1.38. The van der Waals surface area contributed by atoms with Gasteiger partial charge in [0.05, 0.1) is 89.0 Å². The molecule has 1 amide bonds. The minimum atomic E-state index is -1.99. The number of aromatic nitrogens is 1. The number of carbonyl (C=O) groups is 5. The van der Waals surface area contributed by atoms with Gasteiger partial charge >= 0.3 is 17.9 Å². The maximum atomic E-state index is 15.0. The van der Waals surface area contributed by atoms with E-state index < -0.39 is 143 Å². The molecule has 0 spiro atoms. The third-order valence-electron chi connectivity index (χ3n) is 20.5. The van der Waals surface area contributed by atoms with Crippen LogP contribution in [0.2, 0.25) is 0 Å². The number of carboxylic acids is 2. The van der Waals surface area contributed by atoms with Crippen molar-refractivity contribution >= 4 is 64.3 Å². The van der Waals surface area contributed by atoms with Crippen molar-refractivity contribution in [1.29, 1.82) is 5.41 Å². The van der Waals surface area contributed by atoms with E-state index in [4.69, 9.17) is 38.6 Å². The van der Waals surface area contributed by atoms with Crippen molar-refractivity contribution in [2.24, 2.45) is 29.6 Å². The number of aliphatic carboxylic acids is 1. The average Bonchev–Trinajstić information content (AvgIpc) is 1.69. The molecule has 5 fully saturated rings. The van der Waals surface area contributed by atoms with Crippen molar-refractivity contribution in [1.82, 2.24) is 24.6 Å². The first-order valence-electron chi connectivity index (χ1n) is 33.4. The number of rotatable bonds is 16. The Morgan fingerprint density at radius 3 is 2.16 bits per heavy atom. The number of ketones is 1. The quantitative estimate of drug-likeness (QED) is 0.0379. The maximum Gasteiger partial charge on any atom is 0.353 e. The number of piperazine rings is 1. The van der Waals surface area contributed by atoms with E-state index in [1.165, 1.54) is 50.7 Å². The number of methoxy groups -OCH3 is 1. The number of Topliss-reactive ketones (excluding diaryl/α,β-unsaturated/α-hetero) is 1. The molecule has 0 radical (unpaired) electrons. The average molecular weight is 1390 g/mol. The van der Waals surface area contributed by atoms with Gasteiger partial charge < -0.3 is 103 Å². The molecule has 5 saturated heterocycles. The van der Waals surface area contributed by atoms with Crippen molar-refractivity contribution in [3.8, 4) is 5.75 Å². The molecule has 0 aliphatic carbocycles. The number of nitrogens with one attached hydrogen (secondary N) is 2. The second-order valence-corrected chi connectivity index (χ2v) is 29.4. The summed E-state index contributed by atoms with van der Waals surface area (Å²) in [4.78, 5) is 83.1. The van der Waals surface area contributed by atoms with Crippen LogP contribution >= 0.6 is 11.8 Å². The molecule has 0 bridgehead atoms. The van der Waals surface area contributed by atoms with Crippen LogP contribution in [-0.2, 0) is 47.6 Å². The number of hydrogen-bond acceptors (Lipinski definition) is 24. The Labute approximate surface area is 570 Å². The Balaban J connectivity index is 0.000000236. The third kappa shape index (κ3) is 16.6. The number of aliphatic hydroxyl groups is 6. The molecule has 22 atom stereocenters. The predicted molar refractivity (Wildman–Crippen MR) is 356 cm³/mol. The summed E-state index contributed by atoms with van der Waals surface area (Å²) in [5.41, 5.74) is -5.01. The molecule has 546 valence electrons. The molecule has 0 unspecified atom stereocenters. The molecule has 7 aliphatic heterocycles. The van der Waals surface area contributed by atoms with Gasteiger partial charge in [-0.2, -0.15) is 0 Å². The summed E-state index contributed by atoms with van der Waals surface area (Å²) < 4.78 is 59.6. The molecular formula is C67H104FN7O21S. The number of amides is 1. The SMILES string of the molecule is CC[C@H]1OC(=O)[C@H](C)[C@@H](O[C@H]2C[C@@](C)(OC)[C@@H](O)[C@H](C)O2)[C@@H](C)[C@@H](O[C@@H]2O[C@H](C)C[C@H](N(C)C)[C@H]2O)[C@](C)(O)C[C@@H](C)C(=O)[C@H](C)[C@H](O)[C@]1(C)O.C[C@@H](O)[C@@H]1C(=O)N2C(C(=O)O)=C(SCCNC=N)C[C@H]12.C[C@H]1COc2c(N3CCN(C)CC3)c(F)cc3c(=O)c(C(=O)O)cn1c23. The molecule has 30 heteroatoms. The van der Waals surface area contributed by atoms with Crippen LogP contribution in [0.4, 0.5) is 10.1 Å². The van der Waals surface area contributed by atoms with Crippen LogP contribution in [0.15, 0.2) is 27.7 Å². The van der Waals surface area contributed by atoms with Gasteiger partial charge in [-0.25, -0.2) is 14.0 Å². The maximum absolute atomic E-state index is 15.0. The van der Waals surface area contributed by atoms with E-state index in [1.54, 1.807) is 53.0 Å². The number of carbonyl (C=O) groups excluding carboxylic acids is 3. The van der Waals surface area contributed by atoms with Gasteiger partial charge in [0.2, 0.25) is 11.3 Å². The highest BCUT2D eigenvalue weighted by molar-refractivity contribution is 8.03. The highest BCUT2D eigenvalue weighted by Crippen LogP contribution is 2.48. The number of halogens is 1. The van der Waals surface area contributed by atoms with E-state index in [1.807, 2.05) is 44.8 Å². The second kappa shape index (κ2) is 32.0. The lowest BCUT2D eigenvalue weighted by Crippen LogP contribution is -2.61. The number of esters is 1. The fraction of sp³-hybridized carbons (Fsp3) is 0.746. The number of anilines is 1. The minimum absolute atomic E-state index is 0.0434. The highest BCUT2D eigenvalue weighted by Gasteiger charge is 2.58. The lowest BCUT2D eigenvalue weighted by Gasteiger charge is -2.49.